The SMILES string of the molecule is CCn1nc(-c2ccccc2)c(C(C)=O)c(Nc2cc(C(=O)O)ccc2Cl)c1=O. The second-order valence-electron chi connectivity index (χ2n) is 6.27. The van der Waals surface area contributed by atoms with Gasteiger partial charge in [0.1, 0.15) is 11.4 Å². The van der Waals surface area contributed by atoms with E-state index in [2.05, 4.69) is 10.4 Å². The lowest BCUT2D eigenvalue weighted by Crippen LogP contribution is -2.28. The average molecular weight is 412 g/mol. The van der Waals surface area contributed by atoms with Gasteiger partial charge in [0.05, 0.1) is 21.8 Å². The fraction of sp³-hybridized carbons (Fsp3) is 0.143. The average Bonchev–Trinajstić information content (AvgIpc) is 2.70. The van der Waals surface area contributed by atoms with Crippen LogP contribution in [0.1, 0.15) is 34.6 Å². The Morgan fingerprint density at radius 2 is 1.86 bits per heavy atom. The van der Waals surface area contributed by atoms with Gasteiger partial charge < -0.3 is 10.4 Å². The summed E-state index contributed by atoms with van der Waals surface area (Å²) in [5, 5.41) is 16.7. The van der Waals surface area contributed by atoms with Crippen LogP contribution in [-0.2, 0) is 6.54 Å². The number of carbonyl (C=O) groups is 2. The molecule has 0 atom stereocenters. The van der Waals surface area contributed by atoms with Crippen molar-refractivity contribution in [3.8, 4) is 11.3 Å². The van der Waals surface area contributed by atoms with Gasteiger partial charge in [0.2, 0.25) is 0 Å². The first-order chi connectivity index (χ1) is 13.8. The van der Waals surface area contributed by atoms with Gasteiger partial charge in [-0.05, 0) is 32.0 Å². The van der Waals surface area contributed by atoms with Crippen molar-refractivity contribution in [1.29, 1.82) is 0 Å². The van der Waals surface area contributed by atoms with Gasteiger partial charge in [-0.2, -0.15) is 5.10 Å². The van der Waals surface area contributed by atoms with Crippen molar-refractivity contribution in [3.63, 3.8) is 0 Å². The molecule has 148 valence electrons. The zero-order valence-corrected chi connectivity index (χ0v) is 16.5. The Kier molecular flexibility index (Phi) is 5.79. The molecule has 3 aromatic rings. The number of benzene rings is 2. The Labute approximate surface area is 171 Å². The third kappa shape index (κ3) is 4.05. The predicted molar refractivity (Wildman–Crippen MR) is 111 cm³/mol. The third-order valence-electron chi connectivity index (χ3n) is 4.33. The predicted octanol–water partition coefficient (Wildman–Crippen LogP) is 4.23. The summed E-state index contributed by atoms with van der Waals surface area (Å²) < 4.78 is 1.24. The first-order valence-corrected chi connectivity index (χ1v) is 9.22. The zero-order valence-electron chi connectivity index (χ0n) is 15.8. The number of Topliss-reactive ketones (excluding diaryl/α,β-unsaturated/α-hetero) is 1. The molecule has 0 unspecified atom stereocenters. The molecule has 0 bridgehead atoms. The molecule has 0 amide bonds. The van der Waals surface area contributed by atoms with E-state index in [1.54, 1.807) is 19.1 Å². The third-order valence-corrected chi connectivity index (χ3v) is 4.66. The number of carbonyl (C=O) groups excluding carboxylic acids is 1. The van der Waals surface area contributed by atoms with Crippen molar-refractivity contribution >= 4 is 34.7 Å². The summed E-state index contributed by atoms with van der Waals surface area (Å²) in [6, 6.07) is 13.1. The fourth-order valence-corrected chi connectivity index (χ4v) is 3.10. The van der Waals surface area contributed by atoms with Crippen molar-refractivity contribution in [2.45, 2.75) is 20.4 Å². The first kappa shape index (κ1) is 20.3. The number of halogens is 1. The van der Waals surface area contributed by atoms with Crippen LogP contribution < -0.4 is 10.9 Å². The second kappa shape index (κ2) is 8.28. The van der Waals surface area contributed by atoms with Crippen LogP contribution in [0.15, 0.2) is 53.3 Å². The minimum absolute atomic E-state index is 0.00218. The van der Waals surface area contributed by atoms with Crippen LogP contribution in [0, 0.1) is 0 Å². The van der Waals surface area contributed by atoms with E-state index in [0.717, 1.165) is 0 Å². The zero-order chi connectivity index (χ0) is 21.1. The highest BCUT2D eigenvalue weighted by Gasteiger charge is 2.22. The summed E-state index contributed by atoms with van der Waals surface area (Å²) in [6.45, 7) is 3.40. The van der Waals surface area contributed by atoms with E-state index in [4.69, 9.17) is 11.6 Å². The van der Waals surface area contributed by atoms with Crippen LogP contribution in [0.3, 0.4) is 0 Å². The lowest BCUT2D eigenvalue weighted by atomic mass is 10.0. The van der Waals surface area contributed by atoms with Crippen LogP contribution in [0.2, 0.25) is 5.02 Å². The number of ketones is 1. The molecular weight excluding hydrogens is 394 g/mol. The molecule has 0 saturated heterocycles. The largest absolute Gasteiger partial charge is 0.478 e. The number of aromatic carboxylic acids is 1. The number of carboxylic acid groups (broad SMARTS) is 1. The van der Waals surface area contributed by atoms with Crippen molar-refractivity contribution in [2.75, 3.05) is 5.32 Å². The smallest absolute Gasteiger partial charge is 0.335 e. The molecule has 7 nitrogen and oxygen atoms in total. The maximum absolute atomic E-state index is 13.0. The highest BCUT2D eigenvalue weighted by molar-refractivity contribution is 6.33. The normalized spacial score (nSPS) is 10.6. The quantitative estimate of drug-likeness (QED) is 0.588. The summed E-state index contributed by atoms with van der Waals surface area (Å²) in [5.74, 6) is -1.49. The van der Waals surface area contributed by atoms with Gasteiger partial charge in [0.25, 0.3) is 5.56 Å². The van der Waals surface area contributed by atoms with Crippen LogP contribution in [-0.4, -0.2) is 26.6 Å². The molecule has 1 heterocycles. The fourth-order valence-electron chi connectivity index (χ4n) is 2.93. The van der Waals surface area contributed by atoms with Crippen molar-refractivity contribution < 1.29 is 14.7 Å². The monoisotopic (exact) mass is 411 g/mol. The molecule has 0 radical (unpaired) electrons. The van der Waals surface area contributed by atoms with E-state index >= 15 is 0 Å². The Bertz CT molecular complexity index is 1160. The van der Waals surface area contributed by atoms with E-state index in [-0.39, 0.29) is 39.9 Å². The van der Waals surface area contributed by atoms with E-state index in [0.29, 0.717) is 11.3 Å². The highest BCUT2D eigenvalue weighted by Crippen LogP contribution is 2.30. The highest BCUT2D eigenvalue weighted by atomic mass is 35.5. The van der Waals surface area contributed by atoms with E-state index in [9.17, 15) is 19.5 Å². The number of hydrogen-bond donors (Lipinski definition) is 2. The number of hydrogen-bond acceptors (Lipinski definition) is 5. The Morgan fingerprint density at radius 1 is 1.17 bits per heavy atom. The minimum Gasteiger partial charge on any atom is -0.478 e. The van der Waals surface area contributed by atoms with Gasteiger partial charge in [0.15, 0.2) is 5.78 Å². The topological polar surface area (TPSA) is 101 Å². The molecule has 1 aromatic heterocycles. The molecule has 0 spiro atoms. The summed E-state index contributed by atoms with van der Waals surface area (Å²) >= 11 is 6.20. The summed E-state index contributed by atoms with van der Waals surface area (Å²) in [5.41, 5.74) is 0.837. The molecule has 3 rings (SSSR count). The molecule has 0 fully saturated rings. The summed E-state index contributed by atoms with van der Waals surface area (Å²) in [6.07, 6.45) is 0. The molecule has 0 saturated carbocycles. The Hall–Kier alpha value is -3.45. The number of carboxylic acids is 1. The van der Waals surface area contributed by atoms with E-state index < -0.39 is 11.5 Å². The van der Waals surface area contributed by atoms with Gasteiger partial charge in [-0.25, -0.2) is 9.48 Å². The number of aromatic nitrogens is 2. The summed E-state index contributed by atoms with van der Waals surface area (Å²) in [7, 11) is 0. The first-order valence-electron chi connectivity index (χ1n) is 8.84. The van der Waals surface area contributed by atoms with Gasteiger partial charge in [0, 0.05) is 12.1 Å². The van der Waals surface area contributed by atoms with Crippen LogP contribution in [0.4, 0.5) is 11.4 Å². The molecule has 0 aliphatic heterocycles. The van der Waals surface area contributed by atoms with Gasteiger partial charge in [-0.15, -0.1) is 0 Å². The number of nitrogens with one attached hydrogen (secondary N) is 1. The van der Waals surface area contributed by atoms with Crippen molar-refractivity contribution in [2.24, 2.45) is 0 Å². The second-order valence-corrected chi connectivity index (χ2v) is 6.67. The molecule has 0 aliphatic rings. The minimum atomic E-state index is -1.14. The van der Waals surface area contributed by atoms with Gasteiger partial charge >= 0.3 is 5.97 Å². The lowest BCUT2D eigenvalue weighted by molar-refractivity contribution is 0.0696. The molecule has 0 aliphatic carbocycles. The number of nitrogens with zero attached hydrogens (tertiary/aromatic N) is 2. The maximum Gasteiger partial charge on any atom is 0.335 e. The molecular formula is C21H18ClN3O4. The Morgan fingerprint density at radius 3 is 2.45 bits per heavy atom. The lowest BCUT2D eigenvalue weighted by Gasteiger charge is -2.17. The number of anilines is 2. The van der Waals surface area contributed by atoms with Crippen LogP contribution in [0.5, 0.6) is 0 Å². The van der Waals surface area contributed by atoms with Crippen LogP contribution in [0.25, 0.3) is 11.3 Å². The van der Waals surface area contributed by atoms with Gasteiger partial charge in [-0.3, -0.25) is 9.59 Å². The molecule has 8 heteroatoms. The maximum atomic E-state index is 13.0. The van der Waals surface area contributed by atoms with Crippen LogP contribution >= 0.6 is 11.6 Å². The van der Waals surface area contributed by atoms with E-state index in [1.165, 1.54) is 29.8 Å². The van der Waals surface area contributed by atoms with Crippen molar-refractivity contribution in [1.82, 2.24) is 9.78 Å². The van der Waals surface area contributed by atoms with Crippen molar-refractivity contribution in [3.05, 3.63) is 75.0 Å². The summed E-state index contributed by atoms with van der Waals surface area (Å²) in [4.78, 5) is 36.8. The number of aryl methyl sites for hydroxylation is 1. The number of rotatable bonds is 6. The van der Waals surface area contributed by atoms with Gasteiger partial charge in [-0.1, -0.05) is 41.9 Å². The molecule has 29 heavy (non-hydrogen) atoms. The molecule has 2 N–H and O–H groups in total. The Balaban J connectivity index is 2.28. The standard InChI is InChI=1S/C21H18ClN3O4/c1-3-25-20(27)19(23-16-11-14(21(28)29)9-10-15(16)22)17(12(2)26)18(24-25)13-7-5-4-6-8-13/h4-11,23H,3H2,1-2H3,(H,28,29). The molecule has 2 aromatic carbocycles. The van der Waals surface area contributed by atoms with E-state index in [1.807, 2.05) is 18.2 Å².